The van der Waals surface area contributed by atoms with Crippen molar-refractivity contribution in [2.45, 2.75) is 19.4 Å². The molecule has 4 heteroatoms. The molecule has 0 radical (unpaired) electrons. The molecular weight excluding hydrogens is 254 g/mol. The van der Waals surface area contributed by atoms with Crippen LogP contribution in [0, 0.1) is 6.92 Å². The minimum Gasteiger partial charge on any atom is -0.322 e. The maximum atomic E-state index is 6.30. The Morgan fingerprint density at radius 2 is 2.11 bits per heavy atom. The van der Waals surface area contributed by atoms with Crippen LogP contribution in [0.2, 0.25) is 0 Å². The molecule has 3 aromatic rings. The van der Waals surface area contributed by atoms with Crippen molar-refractivity contribution in [2.24, 2.45) is 5.73 Å². The zero-order valence-corrected chi connectivity index (χ0v) is 11.5. The van der Waals surface area contributed by atoms with Crippen molar-refractivity contribution in [2.75, 3.05) is 0 Å². The zero-order chi connectivity index (χ0) is 13.2. The average molecular weight is 269 g/mol. The van der Waals surface area contributed by atoms with Gasteiger partial charge in [0.2, 0.25) is 0 Å². The summed E-state index contributed by atoms with van der Waals surface area (Å²) in [5.74, 6) is 0. The van der Waals surface area contributed by atoms with Gasteiger partial charge >= 0.3 is 0 Å². The fourth-order valence-corrected chi connectivity index (χ4v) is 2.89. The third kappa shape index (κ3) is 2.50. The van der Waals surface area contributed by atoms with Gasteiger partial charge in [-0.3, -0.25) is 4.98 Å². The van der Waals surface area contributed by atoms with Crippen LogP contribution in [0.4, 0.5) is 0 Å². The molecule has 0 bridgehead atoms. The molecule has 0 amide bonds. The second-order valence-corrected chi connectivity index (χ2v) is 5.65. The van der Waals surface area contributed by atoms with E-state index in [1.165, 1.54) is 5.39 Å². The zero-order valence-electron chi connectivity index (χ0n) is 10.7. The lowest BCUT2D eigenvalue weighted by Crippen LogP contribution is -2.15. The lowest BCUT2D eigenvalue weighted by atomic mass is 10.0. The topological polar surface area (TPSA) is 51.8 Å². The summed E-state index contributed by atoms with van der Waals surface area (Å²) in [7, 11) is 0. The van der Waals surface area contributed by atoms with E-state index in [0.717, 1.165) is 28.2 Å². The van der Waals surface area contributed by atoms with Gasteiger partial charge in [-0.15, -0.1) is 11.3 Å². The molecule has 1 unspecified atom stereocenters. The summed E-state index contributed by atoms with van der Waals surface area (Å²) in [5.41, 5.74) is 8.30. The molecule has 1 atom stereocenters. The smallest absolute Gasteiger partial charge is 0.0897 e. The first kappa shape index (κ1) is 12.3. The van der Waals surface area contributed by atoms with Gasteiger partial charge in [0.15, 0.2) is 0 Å². The first-order valence-corrected chi connectivity index (χ1v) is 7.12. The first-order chi connectivity index (χ1) is 9.24. The van der Waals surface area contributed by atoms with E-state index in [1.807, 2.05) is 31.3 Å². The van der Waals surface area contributed by atoms with Crippen LogP contribution >= 0.6 is 11.3 Å². The minimum atomic E-state index is -0.118. The normalized spacial score (nSPS) is 12.7. The molecule has 0 fully saturated rings. The number of pyridine rings is 1. The van der Waals surface area contributed by atoms with Crippen LogP contribution in [0.3, 0.4) is 0 Å². The third-order valence-corrected chi connectivity index (χ3v) is 3.97. The Balaban J connectivity index is 1.95. The van der Waals surface area contributed by atoms with Gasteiger partial charge in [-0.2, -0.15) is 0 Å². The van der Waals surface area contributed by atoms with E-state index in [0.29, 0.717) is 0 Å². The average Bonchev–Trinajstić information content (AvgIpc) is 2.83. The Labute approximate surface area is 116 Å². The van der Waals surface area contributed by atoms with E-state index in [4.69, 9.17) is 5.73 Å². The number of nitrogens with zero attached hydrogens (tertiary/aromatic N) is 2. The van der Waals surface area contributed by atoms with Gasteiger partial charge < -0.3 is 5.73 Å². The van der Waals surface area contributed by atoms with Crippen molar-refractivity contribution in [3.63, 3.8) is 0 Å². The fraction of sp³-hybridized carbons (Fsp3) is 0.200. The third-order valence-electron chi connectivity index (χ3n) is 3.15. The maximum absolute atomic E-state index is 6.30. The SMILES string of the molecule is Cc1nc(CC(N)c2nccc3ccccc23)cs1. The molecule has 3 rings (SSSR count). The van der Waals surface area contributed by atoms with Crippen LogP contribution in [-0.4, -0.2) is 9.97 Å². The monoisotopic (exact) mass is 269 g/mol. The summed E-state index contributed by atoms with van der Waals surface area (Å²) in [6.07, 6.45) is 2.55. The molecule has 2 aromatic heterocycles. The number of nitrogens with two attached hydrogens (primary N) is 1. The van der Waals surface area contributed by atoms with Gasteiger partial charge in [0.1, 0.15) is 0 Å². The maximum Gasteiger partial charge on any atom is 0.0897 e. The Kier molecular flexibility index (Phi) is 3.27. The number of aromatic nitrogens is 2. The predicted molar refractivity (Wildman–Crippen MR) is 79.2 cm³/mol. The van der Waals surface area contributed by atoms with Gasteiger partial charge in [0.05, 0.1) is 22.4 Å². The molecule has 2 N–H and O–H groups in total. The Bertz CT molecular complexity index is 700. The molecule has 0 aliphatic carbocycles. The number of benzene rings is 1. The lowest BCUT2D eigenvalue weighted by molar-refractivity contribution is 0.692. The van der Waals surface area contributed by atoms with Crippen LogP contribution in [0.15, 0.2) is 41.9 Å². The van der Waals surface area contributed by atoms with Crippen molar-refractivity contribution in [1.29, 1.82) is 0 Å². The van der Waals surface area contributed by atoms with Crippen LogP contribution in [-0.2, 0) is 6.42 Å². The number of fused-ring (bicyclic) bond motifs is 1. The highest BCUT2D eigenvalue weighted by Crippen LogP contribution is 2.23. The quantitative estimate of drug-likeness (QED) is 0.794. The van der Waals surface area contributed by atoms with Crippen molar-refractivity contribution in [3.8, 4) is 0 Å². The van der Waals surface area contributed by atoms with Crippen molar-refractivity contribution in [1.82, 2.24) is 9.97 Å². The van der Waals surface area contributed by atoms with Gasteiger partial charge in [-0.1, -0.05) is 24.3 Å². The molecule has 0 aliphatic heterocycles. The summed E-state index contributed by atoms with van der Waals surface area (Å²) in [4.78, 5) is 8.93. The number of thiazole rings is 1. The standard InChI is InChI=1S/C15H15N3S/c1-10-18-12(9-19-10)8-14(16)15-13-5-3-2-4-11(13)6-7-17-15/h2-7,9,14H,8,16H2,1H3. The summed E-state index contributed by atoms with van der Waals surface area (Å²) >= 11 is 1.66. The molecule has 1 aromatic carbocycles. The largest absolute Gasteiger partial charge is 0.322 e. The number of rotatable bonds is 3. The highest BCUT2D eigenvalue weighted by atomic mass is 32.1. The van der Waals surface area contributed by atoms with E-state index in [-0.39, 0.29) is 6.04 Å². The van der Waals surface area contributed by atoms with Crippen molar-refractivity contribution < 1.29 is 0 Å². The molecule has 3 nitrogen and oxygen atoms in total. The van der Waals surface area contributed by atoms with Crippen molar-refractivity contribution in [3.05, 3.63) is 58.3 Å². The fourth-order valence-electron chi connectivity index (χ4n) is 2.26. The van der Waals surface area contributed by atoms with Crippen molar-refractivity contribution >= 4 is 22.1 Å². The van der Waals surface area contributed by atoms with E-state index >= 15 is 0 Å². The van der Waals surface area contributed by atoms with Crippen LogP contribution < -0.4 is 5.73 Å². The summed E-state index contributed by atoms with van der Waals surface area (Å²) in [6.45, 7) is 2.01. The molecule has 0 spiro atoms. The molecule has 2 heterocycles. The van der Waals surface area contributed by atoms with E-state index in [9.17, 15) is 0 Å². The molecule has 0 saturated heterocycles. The number of aryl methyl sites for hydroxylation is 1. The lowest BCUT2D eigenvalue weighted by Gasteiger charge is -2.12. The first-order valence-electron chi connectivity index (χ1n) is 6.24. The Morgan fingerprint density at radius 1 is 1.26 bits per heavy atom. The van der Waals surface area contributed by atoms with Gasteiger partial charge in [0.25, 0.3) is 0 Å². The highest BCUT2D eigenvalue weighted by molar-refractivity contribution is 7.09. The second kappa shape index (κ2) is 5.07. The molecule has 0 aliphatic rings. The minimum absolute atomic E-state index is 0.118. The van der Waals surface area contributed by atoms with Crippen LogP contribution in [0.25, 0.3) is 10.8 Å². The van der Waals surface area contributed by atoms with Crippen LogP contribution in [0.5, 0.6) is 0 Å². The summed E-state index contributed by atoms with van der Waals surface area (Å²) in [5, 5.41) is 5.45. The predicted octanol–water partition coefficient (Wildman–Crippen LogP) is 3.24. The number of hydrogen-bond donors (Lipinski definition) is 1. The summed E-state index contributed by atoms with van der Waals surface area (Å²) < 4.78 is 0. The van der Waals surface area contributed by atoms with Gasteiger partial charge in [0, 0.05) is 23.4 Å². The molecular formula is C15H15N3S. The van der Waals surface area contributed by atoms with E-state index in [1.54, 1.807) is 11.3 Å². The molecule has 0 saturated carbocycles. The molecule has 19 heavy (non-hydrogen) atoms. The molecule has 96 valence electrons. The van der Waals surface area contributed by atoms with Gasteiger partial charge in [-0.25, -0.2) is 4.98 Å². The highest BCUT2D eigenvalue weighted by Gasteiger charge is 2.13. The van der Waals surface area contributed by atoms with Crippen LogP contribution in [0.1, 0.15) is 22.4 Å². The second-order valence-electron chi connectivity index (χ2n) is 4.59. The summed E-state index contributed by atoms with van der Waals surface area (Å²) in [6, 6.07) is 10.1. The van der Waals surface area contributed by atoms with E-state index < -0.39 is 0 Å². The Hall–Kier alpha value is -1.78. The van der Waals surface area contributed by atoms with E-state index in [2.05, 4.69) is 27.5 Å². The van der Waals surface area contributed by atoms with Gasteiger partial charge in [-0.05, 0) is 18.4 Å². The Morgan fingerprint density at radius 3 is 2.89 bits per heavy atom. The number of hydrogen-bond acceptors (Lipinski definition) is 4.